The van der Waals surface area contributed by atoms with Gasteiger partial charge in [0.05, 0.1) is 4.90 Å². The van der Waals surface area contributed by atoms with Crippen LogP contribution in [0.3, 0.4) is 0 Å². The number of carboxylic acids is 1. The molecule has 138 valence electrons. The van der Waals surface area contributed by atoms with Crippen LogP contribution in [0, 0.1) is 6.92 Å². The Morgan fingerprint density at radius 1 is 1.31 bits per heavy atom. The second-order valence-electron chi connectivity index (χ2n) is 6.33. The molecule has 1 atom stereocenters. The first-order valence-electron chi connectivity index (χ1n) is 8.18. The largest absolute Gasteiger partial charge is 0.477 e. The summed E-state index contributed by atoms with van der Waals surface area (Å²) in [4.78, 5) is 29.5. The number of aromatic nitrogens is 2. The molecule has 0 spiro atoms. The molecule has 1 aromatic heterocycles. The van der Waals surface area contributed by atoms with E-state index < -0.39 is 27.1 Å². The summed E-state index contributed by atoms with van der Waals surface area (Å²) in [6, 6.07) is 6.65. The molecular formula is C17H19N3O5S. The van der Waals surface area contributed by atoms with Crippen LogP contribution in [0.15, 0.2) is 40.2 Å². The third-order valence-corrected chi connectivity index (χ3v) is 6.36. The normalized spacial score (nSPS) is 18.6. The number of carbonyl (C=O) groups is 1. The van der Waals surface area contributed by atoms with Crippen molar-refractivity contribution >= 4 is 16.0 Å². The minimum atomic E-state index is -3.63. The lowest BCUT2D eigenvalue weighted by Crippen LogP contribution is -2.40. The smallest absolute Gasteiger partial charge is 0.342 e. The highest BCUT2D eigenvalue weighted by Crippen LogP contribution is 2.28. The van der Waals surface area contributed by atoms with Gasteiger partial charge in [-0.2, -0.15) is 4.31 Å². The van der Waals surface area contributed by atoms with Crippen LogP contribution in [-0.2, 0) is 10.0 Å². The van der Waals surface area contributed by atoms with E-state index in [4.69, 9.17) is 5.11 Å². The zero-order valence-corrected chi connectivity index (χ0v) is 15.0. The summed E-state index contributed by atoms with van der Waals surface area (Å²) in [5.41, 5.74) is -0.199. The van der Waals surface area contributed by atoms with Gasteiger partial charge >= 0.3 is 5.97 Å². The standard InChI is InChI=1S/C17H19N3O5S/c1-11-4-6-13(7-5-11)26(24,25)20-8-2-3-12(10-20)15-18-9-14(17(22)23)16(21)19-15/h4-7,9,12H,2-3,8,10H2,1H3,(H,22,23)(H,18,19,21)/t12-/m1/s1. The van der Waals surface area contributed by atoms with E-state index >= 15 is 0 Å². The van der Waals surface area contributed by atoms with Gasteiger partial charge in [-0.25, -0.2) is 18.2 Å². The highest BCUT2D eigenvalue weighted by molar-refractivity contribution is 7.89. The minimum absolute atomic E-state index is 0.186. The molecule has 2 N–H and O–H groups in total. The number of hydrogen-bond acceptors (Lipinski definition) is 5. The lowest BCUT2D eigenvalue weighted by atomic mass is 9.99. The molecule has 0 aliphatic carbocycles. The average Bonchev–Trinajstić information content (AvgIpc) is 2.62. The number of hydrogen-bond donors (Lipinski definition) is 2. The molecule has 1 saturated heterocycles. The first-order valence-corrected chi connectivity index (χ1v) is 9.62. The van der Waals surface area contributed by atoms with Gasteiger partial charge in [-0.05, 0) is 31.9 Å². The van der Waals surface area contributed by atoms with Gasteiger partial charge in [0, 0.05) is 25.2 Å². The maximum Gasteiger partial charge on any atom is 0.342 e. The molecule has 9 heteroatoms. The van der Waals surface area contributed by atoms with Gasteiger partial charge in [-0.1, -0.05) is 17.7 Å². The molecule has 0 bridgehead atoms. The summed E-state index contributed by atoms with van der Waals surface area (Å²) in [5, 5.41) is 8.91. The number of nitrogens with zero attached hydrogens (tertiary/aromatic N) is 2. The second kappa shape index (κ2) is 7.00. The molecule has 8 nitrogen and oxygen atoms in total. The predicted octanol–water partition coefficient (Wildman–Crippen LogP) is 1.34. The van der Waals surface area contributed by atoms with Crippen molar-refractivity contribution in [3.05, 3.63) is 57.8 Å². The van der Waals surface area contributed by atoms with Crippen molar-refractivity contribution < 1.29 is 18.3 Å². The Kier molecular flexibility index (Phi) is 4.92. The Balaban J connectivity index is 1.85. The van der Waals surface area contributed by atoms with Crippen molar-refractivity contribution in [2.45, 2.75) is 30.6 Å². The summed E-state index contributed by atoms with van der Waals surface area (Å²) in [6.07, 6.45) is 2.30. The van der Waals surface area contributed by atoms with Crippen LogP contribution in [0.25, 0.3) is 0 Å². The molecular weight excluding hydrogens is 358 g/mol. The van der Waals surface area contributed by atoms with Gasteiger partial charge in [0.1, 0.15) is 11.4 Å². The number of benzene rings is 1. The fourth-order valence-corrected chi connectivity index (χ4v) is 4.54. The number of nitrogens with one attached hydrogen (secondary N) is 1. The zero-order chi connectivity index (χ0) is 18.9. The van der Waals surface area contributed by atoms with E-state index in [0.717, 1.165) is 11.8 Å². The first kappa shape index (κ1) is 18.3. The Bertz CT molecular complexity index is 982. The van der Waals surface area contributed by atoms with E-state index in [-0.39, 0.29) is 17.4 Å². The average molecular weight is 377 g/mol. The predicted molar refractivity (Wildman–Crippen MR) is 93.7 cm³/mol. The van der Waals surface area contributed by atoms with Crippen LogP contribution in [0.5, 0.6) is 0 Å². The van der Waals surface area contributed by atoms with E-state index in [9.17, 15) is 18.0 Å². The van der Waals surface area contributed by atoms with E-state index in [2.05, 4.69) is 9.97 Å². The van der Waals surface area contributed by atoms with Crippen LogP contribution in [-0.4, -0.2) is 46.9 Å². The summed E-state index contributed by atoms with van der Waals surface area (Å²) < 4.78 is 27.1. The first-order chi connectivity index (χ1) is 12.3. The Morgan fingerprint density at radius 3 is 2.62 bits per heavy atom. The van der Waals surface area contributed by atoms with Crippen LogP contribution in [0.1, 0.15) is 40.5 Å². The van der Waals surface area contributed by atoms with E-state index in [1.807, 2.05) is 6.92 Å². The van der Waals surface area contributed by atoms with Gasteiger partial charge in [0.25, 0.3) is 5.56 Å². The number of aromatic carboxylic acids is 1. The Morgan fingerprint density at radius 2 is 2.00 bits per heavy atom. The number of sulfonamides is 1. The molecule has 1 fully saturated rings. The monoisotopic (exact) mass is 377 g/mol. The van der Waals surface area contributed by atoms with E-state index in [1.54, 1.807) is 24.3 Å². The van der Waals surface area contributed by atoms with Gasteiger partial charge in [0.15, 0.2) is 0 Å². The van der Waals surface area contributed by atoms with Crippen molar-refractivity contribution in [2.24, 2.45) is 0 Å². The quantitative estimate of drug-likeness (QED) is 0.830. The van der Waals surface area contributed by atoms with Gasteiger partial charge in [-0.3, -0.25) is 4.79 Å². The molecule has 26 heavy (non-hydrogen) atoms. The number of carboxylic acid groups (broad SMARTS) is 1. The summed E-state index contributed by atoms with van der Waals surface area (Å²) in [5.74, 6) is -1.33. The van der Waals surface area contributed by atoms with E-state index in [1.165, 1.54) is 4.31 Å². The summed E-state index contributed by atoms with van der Waals surface area (Å²) >= 11 is 0. The van der Waals surface area contributed by atoms with Crippen molar-refractivity contribution in [1.82, 2.24) is 14.3 Å². The molecule has 0 unspecified atom stereocenters. The van der Waals surface area contributed by atoms with E-state index in [0.29, 0.717) is 25.2 Å². The third-order valence-electron chi connectivity index (χ3n) is 4.48. The highest BCUT2D eigenvalue weighted by Gasteiger charge is 2.32. The molecule has 1 aliphatic heterocycles. The maximum absolute atomic E-state index is 12.8. The van der Waals surface area contributed by atoms with Crippen molar-refractivity contribution in [2.75, 3.05) is 13.1 Å². The van der Waals surface area contributed by atoms with Gasteiger partial charge in [0.2, 0.25) is 10.0 Å². The van der Waals surface area contributed by atoms with Crippen molar-refractivity contribution in [1.29, 1.82) is 0 Å². The molecule has 2 aromatic rings. The third kappa shape index (κ3) is 3.54. The van der Waals surface area contributed by atoms with Crippen LogP contribution >= 0.6 is 0 Å². The zero-order valence-electron chi connectivity index (χ0n) is 14.2. The number of aromatic amines is 1. The summed E-state index contributed by atoms with van der Waals surface area (Å²) in [7, 11) is -3.63. The van der Waals surface area contributed by atoms with Crippen LogP contribution in [0.2, 0.25) is 0 Å². The molecule has 1 aromatic carbocycles. The summed E-state index contributed by atoms with van der Waals surface area (Å²) in [6.45, 7) is 2.46. The minimum Gasteiger partial charge on any atom is -0.477 e. The molecule has 2 heterocycles. The Hall–Kier alpha value is -2.52. The Labute approximate surface area is 150 Å². The van der Waals surface area contributed by atoms with Crippen LogP contribution in [0.4, 0.5) is 0 Å². The SMILES string of the molecule is Cc1ccc(S(=O)(=O)N2CCC[C@@H](c3ncc(C(=O)O)c(=O)[nH]3)C2)cc1. The lowest BCUT2D eigenvalue weighted by molar-refractivity contribution is 0.0694. The molecule has 0 saturated carbocycles. The number of piperidine rings is 1. The topological polar surface area (TPSA) is 120 Å². The van der Waals surface area contributed by atoms with Crippen molar-refractivity contribution in [3.63, 3.8) is 0 Å². The lowest BCUT2D eigenvalue weighted by Gasteiger charge is -2.31. The fourth-order valence-electron chi connectivity index (χ4n) is 3.01. The number of H-pyrrole nitrogens is 1. The number of aryl methyl sites for hydroxylation is 1. The maximum atomic E-state index is 12.8. The van der Waals surface area contributed by atoms with Crippen LogP contribution < -0.4 is 5.56 Å². The van der Waals surface area contributed by atoms with Crippen molar-refractivity contribution in [3.8, 4) is 0 Å². The molecule has 1 aliphatic rings. The molecule has 3 rings (SSSR count). The molecule has 0 radical (unpaired) electrons. The van der Waals surface area contributed by atoms with Gasteiger partial charge in [-0.15, -0.1) is 0 Å². The van der Waals surface area contributed by atoms with Gasteiger partial charge < -0.3 is 10.1 Å². The fraction of sp³-hybridized carbons (Fsp3) is 0.353. The number of rotatable bonds is 4. The molecule has 0 amide bonds. The highest BCUT2D eigenvalue weighted by atomic mass is 32.2. The second-order valence-corrected chi connectivity index (χ2v) is 8.27.